The quantitative estimate of drug-likeness (QED) is 0.940. The summed E-state index contributed by atoms with van der Waals surface area (Å²) in [5, 5.41) is 17.9. The van der Waals surface area contributed by atoms with E-state index in [1.165, 1.54) is 24.3 Å². The standard InChI is InChI=1S/C15H14FN3O2/c1-19-8-12(14(20)9-19)13-6-7-15(18-17-13)21-11-4-2-10(16)3-5-11/h2-7,20H,8-9H2,1H3. The predicted molar refractivity (Wildman–Crippen MR) is 75.6 cm³/mol. The van der Waals surface area contributed by atoms with Gasteiger partial charge in [-0.25, -0.2) is 4.39 Å². The van der Waals surface area contributed by atoms with Crippen molar-refractivity contribution in [3.05, 3.63) is 53.7 Å². The monoisotopic (exact) mass is 287 g/mol. The molecule has 6 heteroatoms. The number of aliphatic hydroxyl groups excluding tert-OH is 1. The molecule has 1 aliphatic heterocycles. The van der Waals surface area contributed by atoms with Crippen LogP contribution >= 0.6 is 0 Å². The number of ether oxygens (including phenoxy) is 1. The van der Waals surface area contributed by atoms with Gasteiger partial charge in [-0.3, -0.25) is 4.90 Å². The van der Waals surface area contributed by atoms with E-state index in [-0.39, 0.29) is 5.82 Å². The Balaban J connectivity index is 1.75. The average molecular weight is 287 g/mol. The number of benzene rings is 1. The van der Waals surface area contributed by atoms with Crippen molar-refractivity contribution < 1.29 is 14.2 Å². The summed E-state index contributed by atoms with van der Waals surface area (Å²) in [5.41, 5.74) is 1.40. The highest BCUT2D eigenvalue weighted by Gasteiger charge is 2.21. The second-order valence-electron chi connectivity index (χ2n) is 4.91. The third-order valence-corrected chi connectivity index (χ3v) is 3.18. The van der Waals surface area contributed by atoms with Crippen LogP contribution in [0.1, 0.15) is 5.69 Å². The van der Waals surface area contributed by atoms with E-state index in [1.807, 2.05) is 11.9 Å². The summed E-state index contributed by atoms with van der Waals surface area (Å²) in [7, 11) is 1.92. The average Bonchev–Trinajstić information content (AvgIpc) is 2.81. The second-order valence-corrected chi connectivity index (χ2v) is 4.91. The van der Waals surface area contributed by atoms with Crippen molar-refractivity contribution >= 4 is 5.57 Å². The molecule has 0 aliphatic carbocycles. The molecule has 0 fully saturated rings. The Morgan fingerprint density at radius 2 is 1.86 bits per heavy atom. The first-order chi connectivity index (χ1) is 10.1. The number of rotatable bonds is 3. The molecule has 0 amide bonds. The number of halogens is 1. The van der Waals surface area contributed by atoms with E-state index in [1.54, 1.807) is 12.1 Å². The number of aromatic nitrogens is 2. The Bertz CT molecular complexity index is 668. The minimum Gasteiger partial charge on any atom is -0.511 e. The largest absolute Gasteiger partial charge is 0.511 e. The zero-order valence-electron chi connectivity index (χ0n) is 11.5. The molecule has 1 N–H and O–H groups in total. The van der Waals surface area contributed by atoms with Crippen LogP contribution in [0.3, 0.4) is 0 Å². The molecule has 0 unspecified atom stereocenters. The fourth-order valence-corrected chi connectivity index (χ4v) is 2.16. The second kappa shape index (κ2) is 5.49. The molecule has 0 atom stereocenters. The zero-order chi connectivity index (χ0) is 14.8. The van der Waals surface area contributed by atoms with Crippen molar-refractivity contribution in [3.63, 3.8) is 0 Å². The number of hydrogen-bond acceptors (Lipinski definition) is 5. The first-order valence-corrected chi connectivity index (χ1v) is 6.49. The van der Waals surface area contributed by atoms with Gasteiger partial charge in [0.15, 0.2) is 0 Å². The highest BCUT2D eigenvalue weighted by Crippen LogP contribution is 2.24. The lowest BCUT2D eigenvalue weighted by molar-refractivity contribution is 0.343. The van der Waals surface area contributed by atoms with Gasteiger partial charge in [-0.05, 0) is 37.4 Å². The molecule has 2 heterocycles. The van der Waals surface area contributed by atoms with Gasteiger partial charge in [-0.15, -0.1) is 10.2 Å². The number of nitrogens with zero attached hydrogens (tertiary/aromatic N) is 3. The Hall–Kier alpha value is -2.47. The molecular formula is C15H14FN3O2. The van der Waals surface area contributed by atoms with Crippen LogP contribution < -0.4 is 4.74 Å². The minimum atomic E-state index is -0.323. The van der Waals surface area contributed by atoms with Crippen molar-refractivity contribution in [2.45, 2.75) is 0 Å². The SMILES string of the molecule is CN1CC(O)=C(c2ccc(Oc3ccc(F)cc3)nn2)C1. The van der Waals surface area contributed by atoms with Gasteiger partial charge >= 0.3 is 0 Å². The smallest absolute Gasteiger partial charge is 0.238 e. The molecule has 1 aliphatic rings. The maximum atomic E-state index is 12.8. The van der Waals surface area contributed by atoms with Gasteiger partial charge in [-0.1, -0.05) is 0 Å². The van der Waals surface area contributed by atoms with Crippen LogP contribution in [-0.4, -0.2) is 40.3 Å². The summed E-state index contributed by atoms with van der Waals surface area (Å²) in [5.74, 6) is 0.800. The lowest BCUT2D eigenvalue weighted by Gasteiger charge is -2.07. The molecule has 108 valence electrons. The van der Waals surface area contributed by atoms with Crippen LogP contribution in [0, 0.1) is 5.82 Å². The summed E-state index contributed by atoms with van der Waals surface area (Å²) < 4.78 is 18.3. The van der Waals surface area contributed by atoms with E-state index in [0.717, 1.165) is 5.57 Å². The van der Waals surface area contributed by atoms with Crippen LogP contribution in [0.25, 0.3) is 5.57 Å². The normalized spacial score (nSPS) is 15.5. The van der Waals surface area contributed by atoms with Crippen molar-refractivity contribution in [2.24, 2.45) is 0 Å². The van der Waals surface area contributed by atoms with Gasteiger partial charge in [-0.2, -0.15) is 0 Å². The van der Waals surface area contributed by atoms with E-state index >= 15 is 0 Å². The summed E-state index contributed by atoms with van der Waals surface area (Å²) in [6.07, 6.45) is 0. The molecule has 2 aromatic rings. The lowest BCUT2D eigenvalue weighted by Crippen LogP contribution is -2.14. The molecule has 1 aromatic carbocycles. The van der Waals surface area contributed by atoms with Gasteiger partial charge in [0, 0.05) is 18.2 Å². The van der Waals surface area contributed by atoms with Crippen LogP contribution in [-0.2, 0) is 0 Å². The molecule has 0 spiro atoms. The van der Waals surface area contributed by atoms with Crippen molar-refractivity contribution in [2.75, 3.05) is 20.1 Å². The maximum Gasteiger partial charge on any atom is 0.238 e. The highest BCUT2D eigenvalue weighted by molar-refractivity contribution is 5.68. The van der Waals surface area contributed by atoms with Crippen LogP contribution in [0.5, 0.6) is 11.6 Å². The zero-order valence-corrected chi connectivity index (χ0v) is 11.5. The van der Waals surface area contributed by atoms with Gasteiger partial charge in [0.1, 0.15) is 17.3 Å². The fourth-order valence-electron chi connectivity index (χ4n) is 2.16. The topological polar surface area (TPSA) is 58.5 Å². The molecule has 5 nitrogen and oxygen atoms in total. The van der Waals surface area contributed by atoms with E-state index in [9.17, 15) is 9.50 Å². The third kappa shape index (κ3) is 3.00. The predicted octanol–water partition coefficient (Wildman–Crippen LogP) is 2.62. The summed E-state index contributed by atoms with van der Waals surface area (Å²) in [6, 6.07) is 9.08. The molecule has 3 rings (SSSR count). The fraction of sp³-hybridized carbons (Fsp3) is 0.200. The molecule has 0 radical (unpaired) electrons. The van der Waals surface area contributed by atoms with Crippen molar-refractivity contribution in [1.29, 1.82) is 0 Å². The van der Waals surface area contributed by atoms with E-state index in [4.69, 9.17) is 4.74 Å². The molecular weight excluding hydrogens is 273 g/mol. The minimum absolute atomic E-state index is 0.316. The first kappa shape index (κ1) is 13.5. The van der Waals surface area contributed by atoms with E-state index in [2.05, 4.69) is 10.2 Å². The van der Waals surface area contributed by atoms with Crippen LogP contribution in [0.4, 0.5) is 4.39 Å². The molecule has 0 saturated carbocycles. The number of hydrogen-bond donors (Lipinski definition) is 1. The third-order valence-electron chi connectivity index (χ3n) is 3.18. The Labute approximate surface area is 121 Å². The Morgan fingerprint density at radius 1 is 1.10 bits per heavy atom. The maximum absolute atomic E-state index is 12.8. The summed E-state index contributed by atoms with van der Waals surface area (Å²) in [6.45, 7) is 1.16. The summed E-state index contributed by atoms with van der Waals surface area (Å²) in [4.78, 5) is 1.98. The van der Waals surface area contributed by atoms with E-state index < -0.39 is 0 Å². The number of aliphatic hydroxyl groups is 1. The molecule has 21 heavy (non-hydrogen) atoms. The molecule has 0 bridgehead atoms. The number of likely N-dealkylation sites (N-methyl/N-ethyl adjacent to an activating group) is 1. The van der Waals surface area contributed by atoms with Gasteiger partial charge < -0.3 is 9.84 Å². The molecule has 1 aromatic heterocycles. The van der Waals surface area contributed by atoms with E-state index in [0.29, 0.717) is 36.2 Å². The van der Waals surface area contributed by atoms with Crippen LogP contribution in [0.2, 0.25) is 0 Å². The first-order valence-electron chi connectivity index (χ1n) is 6.49. The van der Waals surface area contributed by atoms with Gasteiger partial charge in [0.2, 0.25) is 5.88 Å². The highest BCUT2D eigenvalue weighted by atomic mass is 19.1. The lowest BCUT2D eigenvalue weighted by atomic mass is 10.2. The molecule has 0 saturated heterocycles. The Morgan fingerprint density at radius 3 is 2.43 bits per heavy atom. The Kier molecular flexibility index (Phi) is 3.53. The van der Waals surface area contributed by atoms with Crippen molar-refractivity contribution in [1.82, 2.24) is 15.1 Å². The summed E-state index contributed by atoms with van der Waals surface area (Å²) >= 11 is 0. The van der Waals surface area contributed by atoms with Crippen LogP contribution in [0.15, 0.2) is 42.2 Å². The van der Waals surface area contributed by atoms with Gasteiger partial charge in [0.05, 0.1) is 12.2 Å². The van der Waals surface area contributed by atoms with Crippen molar-refractivity contribution in [3.8, 4) is 11.6 Å². The van der Waals surface area contributed by atoms with Gasteiger partial charge in [0.25, 0.3) is 0 Å².